The van der Waals surface area contributed by atoms with Crippen LogP contribution in [0.1, 0.15) is 31.9 Å². The van der Waals surface area contributed by atoms with E-state index in [-0.39, 0.29) is 54.1 Å². The Morgan fingerprint density at radius 1 is 0.667 bits per heavy atom. The Kier molecular flexibility index (Phi) is 15.0. The first-order chi connectivity index (χ1) is 32.5. The normalized spacial score (nSPS) is 11.9. The van der Waals surface area contributed by atoms with E-state index in [2.05, 4.69) is 35.9 Å². The van der Waals surface area contributed by atoms with Crippen LogP contribution in [0, 0.1) is 11.6 Å². The highest BCUT2D eigenvalue weighted by Gasteiger charge is 2.27. The first-order valence-corrected chi connectivity index (χ1v) is 24.7. The van der Waals surface area contributed by atoms with Crippen LogP contribution in [-0.4, -0.2) is 75.4 Å². The van der Waals surface area contributed by atoms with Crippen molar-refractivity contribution in [3.05, 3.63) is 153 Å². The largest absolute Gasteiger partial charge is 0.444 e. The number of nitrogens with one attached hydrogen (secondary N) is 3. The minimum absolute atomic E-state index is 0.0263. The number of nitrogens with zero attached hydrogens (tertiary/aromatic N) is 7. The van der Waals surface area contributed by atoms with Crippen molar-refractivity contribution in [2.45, 2.75) is 49.3 Å². The summed E-state index contributed by atoms with van der Waals surface area (Å²) in [5.74, 6) is -0.728. The number of halogens is 6. The van der Waals surface area contributed by atoms with Gasteiger partial charge in [-0.25, -0.2) is 58.3 Å². The summed E-state index contributed by atoms with van der Waals surface area (Å²) < 4.78 is 88.7. The number of rotatable bonds is 12. The molecule has 0 saturated carbocycles. The number of hydrogen-bond acceptors (Lipinski definition) is 13. The molecular weight excluding hydrogens is 1020 g/mol. The topological polar surface area (TPSA) is 195 Å². The lowest BCUT2D eigenvalue weighted by atomic mass is 10.2. The highest BCUT2D eigenvalue weighted by Crippen LogP contribution is 2.32. The predicted molar refractivity (Wildman–Crippen MR) is 263 cm³/mol. The second kappa shape index (κ2) is 20.5. The average molecular weight is 1060 g/mol. The summed E-state index contributed by atoms with van der Waals surface area (Å²) in [6.07, 6.45) is 2.26. The molecule has 8 rings (SSSR count). The van der Waals surface area contributed by atoms with Gasteiger partial charge in [-0.2, -0.15) is 0 Å². The molecule has 0 saturated heterocycles. The number of amides is 1. The van der Waals surface area contributed by atoms with Crippen LogP contribution in [0.2, 0.25) is 20.6 Å². The molecule has 0 fully saturated rings. The lowest BCUT2D eigenvalue weighted by molar-refractivity contribution is 0.0285. The summed E-state index contributed by atoms with van der Waals surface area (Å²) in [4.78, 5) is 30.4. The maximum Gasteiger partial charge on any atom is 0.410 e. The Morgan fingerprint density at radius 3 is 1.54 bits per heavy atom. The summed E-state index contributed by atoms with van der Waals surface area (Å²) in [6.45, 7) is 5.69. The molecule has 24 heteroatoms. The van der Waals surface area contributed by atoms with Gasteiger partial charge in [0.05, 0.1) is 27.7 Å². The van der Waals surface area contributed by atoms with E-state index in [9.17, 15) is 30.4 Å². The van der Waals surface area contributed by atoms with E-state index >= 15 is 0 Å². The molecular formula is C45H40Cl4F2N10O6S2. The third kappa shape index (κ3) is 11.7. The summed E-state index contributed by atoms with van der Waals surface area (Å²) in [5.41, 5.74) is 1.61. The second-order valence-corrected chi connectivity index (χ2v) is 21.1. The number of fused-ring (bicyclic) bond motifs is 2. The van der Waals surface area contributed by atoms with Crippen molar-refractivity contribution in [2.75, 3.05) is 24.7 Å². The van der Waals surface area contributed by atoms with Gasteiger partial charge in [0, 0.05) is 42.3 Å². The minimum Gasteiger partial charge on any atom is -0.444 e. The summed E-state index contributed by atoms with van der Waals surface area (Å²) in [7, 11) is -5.05. The third-order valence-electron chi connectivity index (χ3n) is 9.75. The molecule has 6 aromatic heterocycles. The lowest BCUT2D eigenvalue weighted by Gasteiger charge is -2.24. The molecule has 0 atom stereocenters. The van der Waals surface area contributed by atoms with Gasteiger partial charge in [0.25, 0.3) is 20.0 Å². The molecule has 0 aliphatic rings. The number of carbonyl (C=O) groups is 1. The Morgan fingerprint density at radius 2 is 1.12 bits per heavy atom. The van der Waals surface area contributed by atoms with E-state index in [1.807, 2.05) is 0 Å². The fraction of sp³-hybridized carbons (Fsp3) is 0.178. The molecule has 69 heavy (non-hydrogen) atoms. The molecule has 0 bridgehead atoms. The van der Waals surface area contributed by atoms with Crippen LogP contribution in [0.25, 0.3) is 22.1 Å². The summed E-state index contributed by atoms with van der Waals surface area (Å²) in [5, 5.41) is 10.8. The molecule has 3 N–H and O–H groups in total. The predicted octanol–water partition coefficient (Wildman–Crippen LogP) is 10.8. The highest BCUT2D eigenvalue weighted by atomic mass is 35.5. The van der Waals surface area contributed by atoms with E-state index in [1.54, 1.807) is 70.3 Å². The molecule has 6 heterocycles. The van der Waals surface area contributed by atoms with E-state index in [0.717, 1.165) is 31.7 Å². The van der Waals surface area contributed by atoms with Crippen molar-refractivity contribution in [1.29, 1.82) is 0 Å². The number of hydrogen-bond donors (Lipinski definition) is 3. The van der Waals surface area contributed by atoms with E-state index in [0.29, 0.717) is 40.1 Å². The highest BCUT2D eigenvalue weighted by molar-refractivity contribution is 7.90. The van der Waals surface area contributed by atoms with Crippen LogP contribution in [0.5, 0.6) is 0 Å². The molecule has 1 amide bonds. The number of pyridine rings is 4. The van der Waals surface area contributed by atoms with Gasteiger partial charge in [0.2, 0.25) is 0 Å². The maximum absolute atomic E-state index is 13.9. The van der Waals surface area contributed by atoms with E-state index in [4.69, 9.17) is 51.1 Å². The molecule has 0 aliphatic carbocycles. The molecule has 8 aromatic rings. The molecule has 16 nitrogen and oxygen atoms in total. The zero-order valence-corrected chi connectivity index (χ0v) is 41.6. The maximum atomic E-state index is 13.9. The minimum atomic E-state index is -4.26. The Balaban J connectivity index is 0.000000208. The van der Waals surface area contributed by atoms with Crippen LogP contribution >= 0.6 is 46.4 Å². The lowest BCUT2D eigenvalue weighted by Crippen LogP contribution is -2.33. The first-order valence-electron chi connectivity index (χ1n) is 20.3. The van der Waals surface area contributed by atoms with Crippen LogP contribution < -0.4 is 16.0 Å². The number of benzene rings is 2. The van der Waals surface area contributed by atoms with Gasteiger partial charge in [-0.15, -0.1) is 0 Å². The van der Waals surface area contributed by atoms with Crippen LogP contribution in [0.4, 0.5) is 36.6 Å². The molecule has 0 unspecified atom stereocenters. The van der Waals surface area contributed by atoms with Crippen molar-refractivity contribution in [2.24, 2.45) is 0 Å². The van der Waals surface area contributed by atoms with Gasteiger partial charge in [0.15, 0.2) is 21.6 Å². The molecule has 2 aromatic carbocycles. The summed E-state index contributed by atoms with van der Waals surface area (Å²) in [6, 6.07) is 22.6. The Hall–Kier alpha value is -6.13. The van der Waals surface area contributed by atoms with Gasteiger partial charge >= 0.3 is 6.09 Å². The SMILES string of the molecule is CN(Cc1cn(S(=O)(=O)c2cccc(F)c2)c2nc(Nc3ccc(Cl)nc3Cl)ccc12)C(=O)OC(C)(C)C.CNCc1cn(S(=O)(=O)c2cccc(F)c2)c2nc(Nc3ccc(Cl)nc3Cl)ccc12. The Labute approximate surface area is 415 Å². The molecule has 0 spiro atoms. The van der Waals surface area contributed by atoms with Crippen molar-refractivity contribution >= 4 is 118 Å². The fourth-order valence-corrected chi connectivity index (χ4v) is 10.2. The van der Waals surface area contributed by atoms with Crippen molar-refractivity contribution in [3.8, 4) is 0 Å². The van der Waals surface area contributed by atoms with Gasteiger partial charge in [-0.1, -0.05) is 58.5 Å². The zero-order valence-electron chi connectivity index (χ0n) is 37.0. The van der Waals surface area contributed by atoms with Crippen LogP contribution in [0.3, 0.4) is 0 Å². The van der Waals surface area contributed by atoms with Crippen molar-refractivity contribution in [1.82, 2.24) is 38.1 Å². The summed E-state index contributed by atoms with van der Waals surface area (Å²) >= 11 is 24.0. The van der Waals surface area contributed by atoms with Crippen LogP contribution in [0.15, 0.2) is 119 Å². The second-order valence-electron chi connectivity index (χ2n) is 16.0. The van der Waals surface area contributed by atoms with Gasteiger partial charge in [-0.05, 0) is 118 Å². The quantitative estimate of drug-likeness (QED) is 0.0979. The number of ether oxygens (including phenoxy) is 1. The van der Waals surface area contributed by atoms with Crippen LogP contribution in [-0.2, 0) is 37.9 Å². The van der Waals surface area contributed by atoms with E-state index in [1.165, 1.54) is 60.7 Å². The van der Waals surface area contributed by atoms with Gasteiger partial charge in [-0.3, -0.25) is 0 Å². The van der Waals surface area contributed by atoms with Gasteiger partial charge < -0.3 is 25.6 Å². The monoisotopic (exact) mass is 1060 g/mol. The number of carbonyl (C=O) groups excluding carboxylic acids is 1. The standard InChI is InChI=1S/C25H24Cl2FN5O4S.C20H16Cl2FN5O2S/c1-25(2,3)37-24(34)32(4)13-15-14-33(38(35,36)17-7-5-6-16(28)12-17)23-18(15)8-11-21(31-23)29-19-9-10-20(26)30-22(19)27;1-24-10-12-11-28(31(29,30)14-4-2-3-13(23)9-14)20-15(12)5-8-18(27-20)25-16-6-7-17(21)26-19(16)22/h5-12,14H,13H2,1-4H3,(H,29,31);2-9,11,24H,10H2,1H3,(H,25,27). The fourth-order valence-electron chi connectivity index (χ4n) is 6.67. The van der Waals surface area contributed by atoms with Crippen molar-refractivity contribution < 1.29 is 35.1 Å². The molecule has 0 aliphatic heterocycles. The van der Waals surface area contributed by atoms with E-state index < -0.39 is 43.4 Å². The third-order valence-corrected chi connectivity index (χ3v) is 14.0. The Bertz CT molecular complexity index is 3480. The molecule has 360 valence electrons. The van der Waals surface area contributed by atoms with Crippen molar-refractivity contribution in [3.63, 3.8) is 0 Å². The average Bonchev–Trinajstić information content (AvgIpc) is 3.83. The smallest absolute Gasteiger partial charge is 0.410 e. The first kappa shape index (κ1) is 50.7. The number of anilines is 4. The molecule has 0 radical (unpaired) electrons. The van der Waals surface area contributed by atoms with Gasteiger partial charge in [0.1, 0.15) is 39.2 Å². The number of aromatic nitrogens is 6. The zero-order chi connectivity index (χ0) is 50.0.